The minimum Gasteiger partial charge on any atom is -0.383 e. The Kier molecular flexibility index (Phi) is 2.91. The third kappa shape index (κ3) is 2.22. The lowest BCUT2D eigenvalue weighted by Crippen LogP contribution is -1.99. The third-order valence-corrected chi connectivity index (χ3v) is 2.81. The van der Waals surface area contributed by atoms with Crippen molar-refractivity contribution in [3.05, 3.63) is 58.8 Å². The molecule has 0 atom stereocenters. The zero-order chi connectivity index (χ0) is 11.5. The molecule has 0 fully saturated rings. The van der Waals surface area contributed by atoms with Gasteiger partial charge in [-0.05, 0) is 36.6 Å². The van der Waals surface area contributed by atoms with Gasteiger partial charge in [0, 0.05) is 12.6 Å². The van der Waals surface area contributed by atoms with Crippen LogP contribution >= 0.6 is 0 Å². The summed E-state index contributed by atoms with van der Waals surface area (Å²) in [5, 5.41) is 0. The Bertz CT molecular complexity index is 504. The lowest BCUT2D eigenvalue weighted by atomic mass is 9.99. The zero-order valence-electron chi connectivity index (χ0n) is 9.70. The second kappa shape index (κ2) is 4.35. The van der Waals surface area contributed by atoms with Gasteiger partial charge in [-0.15, -0.1) is 0 Å². The molecule has 2 N–H and O–H groups in total. The molecule has 0 aliphatic carbocycles. The minimum absolute atomic E-state index is 0.627. The number of hydrogen-bond donors (Lipinski definition) is 1. The van der Waals surface area contributed by atoms with Crippen LogP contribution in [-0.4, -0.2) is 4.98 Å². The number of aromatic nitrogens is 1. The molecule has 1 aromatic carbocycles. The van der Waals surface area contributed by atoms with Crippen molar-refractivity contribution in [2.75, 3.05) is 5.73 Å². The van der Waals surface area contributed by atoms with E-state index in [0.717, 1.165) is 12.0 Å². The molecule has 0 bridgehead atoms. The Hall–Kier alpha value is -1.83. The van der Waals surface area contributed by atoms with Crippen LogP contribution in [0.4, 0.5) is 5.82 Å². The van der Waals surface area contributed by atoms with Crippen LogP contribution in [0, 0.1) is 13.8 Å². The summed E-state index contributed by atoms with van der Waals surface area (Å²) in [6, 6.07) is 10.4. The Morgan fingerprint density at radius 1 is 1.12 bits per heavy atom. The maximum atomic E-state index is 5.84. The smallest absolute Gasteiger partial charge is 0.126 e. The molecule has 0 unspecified atom stereocenters. The van der Waals surface area contributed by atoms with Gasteiger partial charge >= 0.3 is 0 Å². The molecule has 16 heavy (non-hydrogen) atoms. The summed E-state index contributed by atoms with van der Waals surface area (Å²) in [7, 11) is 0. The predicted molar refractivity (Wildman–Crippen MR) is 67.4 cm³/mol. The molecule has 2 nitrogen and oxygen atoms in total. The van der Waals surface area contributed by atoms with E-state index in [1.807, 2.05) is 12.1 Å². The fraction of sp³-hybridized carbons (Fsp3) is 0.214. The Morgan fingerprint density at radius 3 is 2.62 bits per heavy atom. The maximum absolute atomic E-state index is 5.84. The van der Waals surface area contributed by atoms with Crippen LogP contribution < -0.4 is 5.73 Å². The average Bonchev–Trinajstić information content (AvgIpc) is 2.25. The van der Waals surface area contributed by atoms with Gasteiger partial charge in [0.25, 0.3) is 0 Å². The third-order valence-electron chi connectivity index (χ3n) is 2.81. The van der Waals surface area contributed by atoms with Crippen molar-refractivity contribution in [2.24, 2.45) is 0 Å². The number of nitrogens with two attached hydrogens (primary N) is 1. The van der Waals surface area contributed by atoms with E-state index in [-0.39, 0.29) is 0 Å². The Balaban J connectivity index is 2.31. The molecule has 1 heterocycles. The van der Waals surface area contributed by atoms with Crippen LogP contribution in [0.2, 0.25) is 0 Å². The van der Waals surface area contributed by atoms with E-state index in [0.29, 0.717) is 5.82 Å². The molecule has 0 saturated carbocycles. The van der Waals surface area contributed by atoms with Gasteiger partial charge in [-0.2, -0.15) is 0 Å². The number of pyridine rings is 1. The molecule has 0 saturated heterocycles. The molecule has 0 spiro atoms. The number of hydrogen-bond acceptors (Lipinski definition) is 2. The van der Waals surface area contributed by atoms with Crippen molar-refractivity contribution in [3.63, 3.8) is 0 Å². The summed E-state index contributed by atoms with van der Waals surface area (Å²) in [5.41, 5.74) is 10.8. The van der Waals surface area contributed by atoms with Gasteiger partial charge in [0.15, 0.2) is 0 Å². The van der Waals surface area contributed by atoms with Gasteiger partial charge in [0.1, 0.15) is 5.82 Å². The standard InChI is InChI=1S/C14H16N2/c1-10-5-6-12(11(2)8-10)9-13-4-3-7-16-14(13)15/h3-8H,9H2,1-2H3,(H2,15,16). The fourth-order valence-corrected chi connectivity index (χ4v) is 1.85. The lowest BCUT2D eigenvalue weighted by molar-refractivity contribution is 1.12. The molecule has 0 aliphatic heterocycles. The lowest BCUT2D eigenvalue weighted by Gasteiger charge is -2.08. The van der Waals surface area contributed by atoms with Crippen LogP contribution in [0.15, 0.2) is 36.5 Å². The minimum atomic E-state index is 0.627. The van der Waals surface area contributed by atoms with Crippen molar-refractivity contribution >= 4 is 5.82 Å². The molecule has 0 amide bonds. The van der Waals surface area contributed by atoms with Crippen LogP contribution in [0.1, 0.15) is 22.3 Å². The highest BCUT2D eigenvalue weighted by atomic mass is 14.8. The van der Waals surface area contributed by atoms with Gasteiger partial charge in [0.05, 0.1) is 0 Å². The summed E-state index contributed by atoms with van der Waals surface area (Å²) in [6.07, 6.45) is 2.58. The number of nitrogens with zero attached hydrogens (tertiary/aromatic N) is 1. The van der Waals surface area contributed by atoms with Crippen LogP contribution in [0.25, 0.3) is 0 Å². The molecule has 2 heteroatoms. The largest absolute Gasteiger partial charge is 0.383 e. The molecular formula is C14H16N2. The van der Waals surface area contributed by atoms with Gasteiger partial charge in [-0.1, -0.05) is 29.8 Å². The Labute approximate surface area is 96.1 Å². The number of benzene rings is 1. The second-order valence-corrected chi connectivity index (χ2v) is 4.15. The van der Waals surface area contributed by atoms with E-state index >= 15 is 0 Å². The van der Waals surface area contributed by atoms with Crippen molar-refractivity contribution < 1.29 is 0 Å². The van der Waals surface area contributed by atoms with Gasteiger partial charge in [-0.3, -0.25) is 0 Å². The highest BCUT2D eigenvalue weighted by Gasteiger charge is 2.03. The first-order chi connectivity index (χ1) is 7.66. The topological polar surface area (TPSA) is 38.9 Å². The molecule has 0 radical (unpaired) electrons. The van der Waals surface area contributed by atoms with Gasteiger partial charge < -0.3 is 5.73 Å². The summed E-state index contributed by atoms with van der Waals surface area (Å²) in [4.78, 5) is 4.10. The quantitative estimate of drug-likeness (QED) is 0.831. The van der Waals surface area contributed by atoms with Crippen LogP contribution in [-0.2, 0) is 6.42 Å². The Morgan fingerprint density at radius 2 is 1.94 bits per heavy atom. The highest BCUT2D eigenvalue weighted by molar-refractivity contribution is 5.43. The van der Waals surface area contributed by atoms with E-state index in [4.69, 9.17) is 5.73 Å². The maximum Gasteiger partial charge on any atom is 0.126 e. The van der Waals surface area contributed by atoms with Crippen molar-refractivity contribution in [1.82, 2.24) is 4.98 Å². The monoisotopic (exact) mass is 212 g/mol. The van der Waals surface area contributed by atoms with E-state index in [9.17, 15) is 0 Å². The summed E-state index contributed by atoms with van der Waals surface area (Å²) in [5.74, 6) is 0.627. The first kappa shape index (κ1) is 10.7. The summed E-state index contributed by atoms with van der Waals surface area (Å²) < 4.78 is 0. The zero-order valence-corrected chi connectivity index (χ0v) is 9.70. The molecule has 82 valence electrons. The number of nitrogen functional groups attached to an aromatic ring is 1. The first-order valence-electron chi connectivity index (χ1n) is 5.42. The highest BCUT2D eigenvalue weighted by Crippen LogP contribution is 2.17. The molecular weight excluding hydrogens is 196 g/mol. The van der Waals surface area contributed by atoms with E-state index in [2.05, 4.69) is 37.0 Å². The van der Waals surface area contributed by atoms with Gasteiger partial charge in [0.2, 0.25) is 0 Å². The van der Waals surface area contributed by atoms with Crippen LogP contribution in [0.3, 0.4) is 0 Å². The molecule has 2 rings (SSSR count). The van der Waals surface area contributed by atoms with Crippen molar-refractivity contribution in [3.8, 4) is 0 Å². The number of rotatable bonds is 2. The first-order valence-corrected chi connectivity index (χ1v) is 5.42. The van der Waals surface area contributed by atoms with Crippen LogP contribution in [0.5, 0.6) is 0 Å². The fourth-order valence-electron chi connectivity index (χ4n) is 1.85. The number of aryl methyl sites for hydroxylation is 2. The number of anilines is 1. The normalized spacial score (nSPS) is 10.4. The summed E-state index contributed by atoms with van der Waals surface area (Å²) >= 11 is 0. The van der Waals surface area contributed by atoms with Crippen molar-refractivity contribution in [2.45, 2.75) is 20.3 Å². The molecule has 1 aromatic heterocycles. The van der Waals surface area contributed by atoms with E-state index < -0.39 is 0 Å². The average molecular weight is 212 g/mol. The summed E-state index contributed by atoms with van der Waals surface area (Å²) in [6.45, 7) is 4.24. The van der Waals surface area contributed by atoms with Gasteiger partial charge in [-0.25, -0.2) is 4.98 Å². The molecule has 2 aromatic rings. The van der Waals surface area contributed by atoms with Crippen molar-refractivity contribution in [1.29, 1.82) is 0 Å². The SMILES string of the molecule is Cc1ccc(Cc2cccnc2N)c(C)c1. The second-order valence-electron chi connectivity index (χ2n) is 4.15. The molecule has 0 aliphatic rings. The van der Waals surface area contributed by atoms with E-state index in [1.54, 1.807) is 6.20 Å². The predicted octanol–water partition coefficient (Wildman–Crippen LogP) is 2.87. The van der Waals surface area contributed by atoms with E-state index in [1.165, 1.54) is 16.7 Å².